The van der Waals surface area contributed by atoms with Crippen LogP contribution in [0, 0.1) is 0 Å². The molecule has 2 rings (SSSR count). The molecule has 0 saturated carbocycles. The van der Waals surface area contributed by atoms with Crippen LogP contribution in [0.5, 0.6) is 5.75 Å². The van der Waals surface area contributed by atoms with Crippen LogP contribution in [-0.4, -0.2) is 67.3 Å². The van der Waals surface area contributed by atoms with E-state index in [0.717, 1.165) is 43.8 Å². The first-order valence-electron chi connectivity index (χ1n) is 7.43. The molecule has 1 aliphatic heterocycles. The minimum atomic E-state index is -1.44. The van der Waals surface area contributed by atoms with Crippen molar-refractivity contribution in [1.29, 1.82) is 0 Å². The first-order valence-corrected chi connectivity index (χ1v) is 7.43. The van der Waals surface area contributed by atoms with Gasteiger partial charge >= 0.3 is 7.12 Å². The molecule has 1 fully saturated rings. The first kappa shape index (κ1) is 16.3. The standard InChI is InChI=1S/C15H25BN2O3/c1-17-8-6-14(7-9-17)18(2)11-12-10-13(16(19)20)4-5-15(12)21-3/h4-5,10,14,19-20H,6-9,11H2,1-3H3. The van der Waals surface area contributed by atoms with E-state index < -0.39 is 7.12 Å². The summed E-state index contributed by atoms with van der Waals surface area (Å²) in [5.74, 6) is 0.791. The monoisotopic (exact) mass is 292 g/mol. The fraction of sp³-hybridized carbons (Fsp3) is 0.600. The smallest absolute Gasteiger partial charge is 0.488 e. The summed E-state index contributed by atoms with van der Waals surface area (Å²) < 4.78 is 5.39. The van der Waals surface area contributed by atoms with Crippen LogP contribution in [0.3, 0.4) is 0 Å². The number of methoxy groups -OCH3 is 1. The molecule has 5 nitrogen and oxygen atoms in total. The van der Waals surface area contributed by atoms with Gasteiger partial charge in [-0.1, -0.05) is 12.1 Å². The second-order valence-electron chi connectivity index (χ2n) is 5.89. The molecule has 1 aliphatic rings. The van der Waals surface area contributed by atoms with E-state index in [1.807, 2.05) is 6.07 Å². The van der Waals surface area contributed by atoms with Gasteiger partial charge in [0.2, 0.25) is 0 Å². The van der Waals surface area contributed by atoms with Gasteiger partial charge in [-0.3, -0.25) is 4.90 Å². The van der Waals surface area contributed by atoms with Crippen LogP contribution in [0.4, 0.5) is 0 Å². The predicted molar refractivity (Wildman–Crippen MR) is 84.8 cm³/mol. The summed E-state index contributed by atoms with van der Waals surface area (Å²) >= 11 is 0. The Morgan fingerprint density at radius 2 is 2.00 bits per heavy atom. The third kappa shape index (κ3) is 4.20. The summed E-state index contributed by atoms with van der Waals surface area (Å²) in [5, 5.41) is 18.6. The van der Waals surface area contributed by atoms with E-state index in [0.29, 0.717) is 11.5 Å². The molecule has 0 unspecified atom stereocenters. The van der Waals surface area contributed by atoms with Gasteiger partial charge in [0.05, 0.1) is 7.11 Å². The lowest BCUT2D eigenvalue weighted by Crippen LogP contribution is -2.41. The maximum atomic E-state index is 9.32. The zero-order valence-corrected chi connectivity index (χ0v) is 13.1. The molecule has 1 aromatic carbocycles. The molecule has 1 aromatic rings. The van der Waals surface area contributed by atoms with Crippen LogP contribution in [0.25, 0.3) is 0 Å². The van der Waals surface area contributed by atoms with E-state index in [4.69, 9.17) is 4.74 Å². The average molecular weight is 292 g/mol. The second-order valence-corrected chi connectivity index (χ2v) is 5.89. The molecule has 1 saturated heterocycles. The fourth-order valence-electron chi connectivity index (χ4n) is 2.92. The highest BCUT2D eigenvalue weighted by atomic mass is 16.5. The number of benzene rings is 1. The quantitative estimate of drug-likeness (QED) is 0.742. The summed E-state index contributed by atoms with van der Waals surface area (Å²) in [7, 11) is 4.48. The van der Waals surface area contributed by atoms with Gasteiger partial charge in [-0.2, -0.15) is 0 Å². The average Bonchev–Trinajstić information content (AvgIpc) is 2.47. The zero-order chi connectivity index (χ0) is 15.4. The van der Waals surface area contributed by atoms with E-state index in [-0.39, 0.29) is 0 Å². The molecular weight excluding hydrogens is 267 g/mol. The largest absolute Gasteiger partial charge is 0.496 e. The van der Waals surface area contributed by atoms with E-state index in [9.17, 15) is 10.0 Å². The molecule has 0 bridgehead atoms. The maximum absolute atomic E-state index is 9.32. The van der Waals surface area contributed by atoms with Crippen molar-refractivity contribution in [3.8, 4) is 5.75 Å². The van der Waals surface area contributed by atoms with Crippen LogP contribution < -0.4 is 10.2 Å². The predicted octanol–water partition coefficient (Wildman–Crippen LogP) is -0.0990. The number of rotatable bonds is 5. The van der Waals surface area contributed by atoms with E-state index in [2.05, 4.69) is 23.9 Å². The highest BCUT2D eigenvalue weighted by Crippen LogP contribution is 2.22. The normalized spacial score (nSPS) is 17.2. The number of piperidine rings is 1. The van der Waals surface area contributed by atoms with E-state index in [1.54, 1.807) is 19.2 Å². The van der Waals surface area contributed by atoms with Gasteiger partial charge in [0, 0.05) is 18.2 Å². The Hall–Kier alpha value is -1.08. The van der Waals surface area contributed by atoms with E-state index >= 15 is 0 Å². The topological polar surface area (TPSA) is 56.2 Å². The minimum absolute atomic E-state index is 0.502. The van der Waals surface area contributed by atoms with Gasteiger partial charge < -0.3 is 19.7 Å². The van der Waals surface area contributed by atoms with Crippen molar-refractivity contribution in [2.75, 3.05) is 34.3 Å². The lowest BCUT2D eigenvalue weighted by Gasteiger charge is -2.35. The van der Waals surface area contributed by atoms with Crippen molar-refractivity contribution in [3.05, 3.63) is 23.8 Å². The van der Waals surface area contributed by atoms with Crippen LogP contribution >= 0.6 is 0 Å². The minimum Gasteiger partial charge on any atom is -0.496 e. The van der Waals surface area contributed by atoms with Crippen LogP contribution in [0.1, 0.15) is 18.4 Å². The van der Waals surface area contributed by atoms with Crippen LogP contribution in [-0.2, 0) is 6.54 Å². The van der Waals surface area contributed by atoms with Gasteiger partial charge in [-0.15, -0.1) is 0 Å². The second kappa shape index (κ2) is 7.27. The zero-order valence-electron chi connectivity index (χ0n) is 13.1. The third-order valence-electron chi connectivity index (χ3n) is 4.33. The molecule has 0 amide bonds. The SMILES string of the molecule is COc1ccc(B(O)O)cc1CN(C)C1CCN(C)CC1. The molecule has 116 valence electrons. The van der Waals surface area contributed by atoms with Gasteiger partial charge in [0.25, 0.3) is 0 Å². The van der Waals surface area contributed by atoms with Crippen LogP contribution in [0.15, 0.2) is 18.2 Å². The van der Waals surface area contributed by atoms with Gasteiger partial charge in [0.15, 0.2) is 0 Å². The Bertz CT molecular complexity index is 462. The Kier molecular flexibility index (Phi) is 5.64. The molecule has 0 aliphatic carbocycles. The fourth-order valence-corrected chi connectivity index (χ4v) is 2.92. The summed E-state index contributed by atoms with van der Waals surface area (Å²) in [4.78, 5) is 4.69. The number of ether oxygens (including phenoxy) is 1. The summed E-state index contributed by atoms with van der Waals surface area (Å²) in [6.07, 6.45) is 2.33. The lowest BCUT2D eigenvalue weighted by molar-refractivity contribution is 0.138. The summed E-state index contributed by atoms with van der Waals surface area (Å²) in [6, 6.07) is 5.86. The van der Waals surface area contributed by atoms with Gasteiger partial charge in [0.1, 0.15) is 5.75 Å². The number of nitrogens with zero attached hydrogens (tertiary/aromatic N) is 2. The lowest BCUT2D eigenvalue weighted by atomic mass is 9.79. The molecule has 0 spiro atoms. The number of hydrogen-bond donors (Lipinski definition) is 2. The highest BCUT2D eigenvalue weighted by Gasteiger charge is 2.22. The molecule has 0 aromatic heterocycles. The summed E-state index contributed by atoms with van der Waals surface area (Å²) in [5.41, 5.74) is 1.49. The molecule has 2 N–H and O–H groups in total. The first-order chi connectivity index (χ1) is 10.0. The molecular formula is C15H25BN2O3. The van der Waals surface area contributed by atoms with Crippen molar-refractivity contribution in [2.45, 2.75) is 25.4 Å². The summed E-state index contributed by atoms with van der Waals surface area (Å²) in [6.45, 7) is 3.00. The molecule has 1 heterocycles. The number of likely N-dealkylation sites (tertiary alicyclic amines) is 1. The molecule has 0 radical (unpaired) electrons. The molecule has 21 heavy (non-hydrogen) atoms. The third-order valence-corrected chi connectivity index (χ3v) is 4.33. The molecule has 0 atom stereocenters. The Labute approximate surface area is 127 Å². The van der Waals surface area contributed by atoms with Crippen molar-refractivity contribution in [3.63, 3.8) is 0 Å². The maximum Gasteiger partial charge on any atom is 0.488 e. The van der Waals surface area contributed by atoms with Gasteiger partial charge in [-0.05, 0) is 51.6 Å². The molecule has 6 heteroatoms. The Balaban J connectivity index is 2.08. The van der Waals surface area contributed by atoms with Crippen molar-refractivity contribution >= 4 is 12.6 Å². The Morgan fingerprint density at radius 1 is 1.33 bits per heavy atom. The Morgan fingerprint density at radius 3 is 2.57 bits per heavy atom. The van der Waals surface area contributed by atoms with Crippen molar-refractivity contribution < 1.29 is 14.8 Å². The van der Waals surface area contributed by atoms with Crippen molar-refractivity contribution in [1.82, 2.24) is 9.80 Å². The van der Waals surface area contributed by atoms with Crippen LogP contribution in [0.2, 0.25) is 0 Å². The van der Waals surface area contributed by atoms with Crippen molar-refractivity contribution in [2.24, 2.45) is 0 Å². The van der Waals surface area contributed by atoms with Gasteiger partial charge in [-0.25, -0.2) is 0 Å². The highest BCUT2D eigenvalue weighted by molar-refractivity contribution is 6.58. The number of hydrogen-bond acceptors (Lipinski definition) is 5. The van der Waals surface area contributed by atoms with E-state index in [1.165, 1.54) is 0 Å².